The first kappa shape index (κ1) is 17.5. The summed E-state index contributed by atoms with van der Waals surface area (Å²) >= 11 is 0. The van der Waals surface area contributed by atoms with Gasteiger partial charge in [0.2, 0.25) is 5.43 Å². The summed E-state index contributed by atoms with van der Waals surface area (Å²) in [4.78, 5) is 39.2. The molecule has 1 aromatic rings. The van der Waals surface area contributed by atoms with Crippen LogP contribution in [0.4, 0.5) is 0 Å². The summed E-state index contributed by atoms with van der Waals surface area (Å²) in [6, 6.07) is 0. The second-order valence-corrected chi connectivity index (χ2v) is 6.07. The third-order valence-corrected chi connectivity index (χ3v) is 4.41. The van der Waals surface area contributed by atoms with Gasteiger partial charge >= 0.3 is 5.97 Å². The first-order chi connectivity index (χ1) is 12.1. The number of unbranched alkanes of at least 4 members (excludes halogenated alkanes) is 1. The van der Waals surface area contributed by atoms with Crippen molar-refractivity contribution in [2.75, 3.05) is 26.9 Å². The number of esters is 1. The first-order valence-corrected chi connectivity index (χ1v) is 8.49. The lowest BCUT2D eigenvalue weighted by Gasteiger charge is -2.40. The maximum atomic E-state index is 12.9. The zero-order valence-corrected chi connectivity index (χ0v) is 14.4. The summed E-state index contributed by atoms with van der Waals surface area (Å²) in [5.74, 6) is -1.14. The van der Waals surface area contributed by atoms with Gasteiger partial charge in [0.1, 0.15) is 5.56 Å². The molecule has 25 heavy (non-hydrogen) atoms. The van der Waals surface area contributed by atoms with Crippen LogP contribution in [0.3, 0.4) is 0 Å². The first-order valence-electron chi connectivity index (χ1n) is 8.49. The minimum absolute atomic E-state index is 0.0784. The van der Waals surface area contributed by atoms with E-state index < -0.39 is 17.6 Å². The molecular weight excluding hydrogens is 328 g/mol. The smallest absolute Gasteiger partial charge is 0.343 e. The van der Waals surface area contributed by atoms with Crippen LogP contribution in [0.25, 0.3) is 0 Å². The largest absolute Gasteiger partial charge is 0.487 e. The van der Waals surface area contributed by atoms with Crippen molar-refractivity contribution < 1.29 is 23.8 Å². The molecule has 8 heteroatoms. The molecule has 0 aliphatic carbocycles. The molecule has 136 valence electrons. The van der Waals surface area contributed by atoms with Crippen molar-refractivity contribution in [1.82, 2.24) is 9.47 Å². The Labute approximate surface area is 145 Å². The average molecular weight is 350 g/mol. The van der Waals surface area contributed by atoms with E-state index in [-0.39, 0.29) is 22.9 Å². The van der Waals surface area contributed by atoms with Crippen molar-refractivity contribution in [3.05, 3.63) is 27.7 Å². The molecule has 0 aromatic carbocycles. The zero-order valence-electron chi connectivity index (χ0n) is 14.4. The number of nitrogens with zero attached hydrogens (tertiary/aromatic N) is 2. The summed E-state index contributed by atoms with van der Waals surface area (Å²) in [6.07, 6.45) is 3.34. The number of fused-ring (bicyclic) bond motifs is 2. The Hall–Kier alpha value is -2.35. The maximum Gasteiger partial charge on any atom is 0.343 e. The van der Waals surface area contributed by atoms with Crippen LogP contribution in [-0.2, 0) is 16.0 Å². The fraction of sp³-hybridized carbons (Fsp3) is 0.588. The third-order valence-electron chi connectivity index (χ3n) is 4.41. The van der Waals surface area contributed by atoms with Gasteiger partial charge < -0.3 is 23.7 Å². The van der Waals surface area contributed by atoms with Gasteiger partial charge in [-0.1, -0.05) is 13.3 Å². The Morgan fingerprint density at radius 3 is 2.92 bits per heavy atom. The van der Waals surface area contributed by atoms with E-state index in [0.29, 0.717) is 26.3 Å². The van der Waals surface area contributed by atoms with Gasteiger partial charge in [-0.05, 0) is 12.8 Å². The van der Waals surface area contributed by atoms with E-state index in [1.54, 1.807) is 9.47 Å². The number of ether oxygens (including phenoxy) is 3. The van der Waals surface area contributed by atoms with Gasteiger partial charge in [0, 0.05) is 12.7 Å². The Kier molecular flexibility index (Phi) is 5.08. The van der Waals surface area contributed by atoms with Crippen molar-refractivity contribution in [3.63, 3.8) is 0 Å². The Morgan fingerprint density at radius 2 is 2.20 bits per heavy atom. The molecule has 1 aromatic heterocycles. The Balaban J connectivity index is 2.10. The number of aromatic nitrogens is 1. The Morgan fingerprint density at radius 1 is 1.40 bits per heavy atom. The predicted octanol–water partition coefficient (Wildman–Crippen LogP) is 1.02. The van der Waals surface area contributed by atoms with Crippen molar-refractivity contribution in [3.8, 4) is 5.75 Å². The van der Waals surface area contributed by atoms with Crippen LogP contribution in [0.2, 0.25) is 0 Å². The molecule has 1 atom stereocenters. The van der Waals surface area contributed by atoms with E-state index in [0.717, 1.165) is 19.3 Å². The lowest BCUT2D eigenvalue weighted by atomic mass is 10.1. The number of hydrogen-bond donors (Lipinski definition) is 0. The molecular formula is C17H22N2O6. The minimum Gasteiger partial charge on any atom is -0.487 e. The van der Waals surface area contributed by atoms with Crippen molar-refractivity contribution in [2.24, 2.45) is 0 Å². The van der Waals surface area contributed by atoms with Gasteiger partial charge in [-0.3, -0.25) is 9.59 Å². The highest BCUT2D eigenvalue weighted by Gasteiger charge is 2.38. The molecule has 0 N–H and O–H groups in total. The summed E-state index contributed by atoms with van der Waals surface area (Å²) in [5.41, 5.74) is -0.579. The van der Waals surface area contributed by atoms with Crippen LogP contribution in [0.1, 0.15) is 47.0 Å². The van der Waals surface area contributed by atoms with Crippen LogP contribution in [0.5, 0.6) is 5.75 Å². The van der Waals surface area contributed by atoms with Gasteiger partial charge in [-0.2, -0.15) is 0 Å². The van der Waals surface area contributed by atoms with Crippen LogP contribution >= 0.6 is 0 Å². The summed E-state index contributed by atoms with van der Waals surface area (Å²) in [5, 5.41) is 0. The van der Waals surface area contributed by atoms with E-state index in [1.165, 1.54) is 13.3 Å². The van der Waals surface area contributed by atoms with E-state index in [4.69, 9.17) is 9.47 Å². The number of methoxy groups -OCH3 is 1. The monoisotopic (exact) mass is 350 g/mol. The van der Waals surface area contributed by atoms with Crippen LogP contribution in [-0.4, -0.2) is 54.4 Å². The Bertz CT molecular complexity index is 741. The molecule has 1 unspecified atom stereocenters. The number of carbonyl (C=O) groups is 2. The van der Waals surface area contributed by atoms with Gasteiger partial charge in [0.25, 0.3) is 5.91 Å². The highest BCUT2D eigenvalue weighted by molar-refractivity contribution is 5.98. The standard InChI is InChI=1S/C17H22N2O6/c1-3-4-7-25-15-13-16(21)19-6-5-8-24-12(19)10-18(13)9-11(14(15)20)17(22)23-2/h9,12H,3-8,10H2,1-2H3. The zero-order chi connectivity index (χ0) is 18.0. The van der Waals surface area contributed by atoms with E-state index in [9.17, 15) is 14.4 Å². The van der Waals surface area contributed by atoms with E-state index in [1.807, 2.05) is 6.92 Å². The second-order valence-electron chi connectivity index (χ2n) is 6.07. The van der Waals surface area contributed by atoms with Crippen molar-refractivity contribution in [1.29, 1.82) is 0 Å². The number of hydrogen-bond acceptors (Lipinski definition) is 6. The van der Waals surface area contributed by atoms with E-state index in [2.05, 4.69) is 4.74 Å². The molecule has 2 aliphatic heterocycles. The van der Waals surface area contributed by atoms with E-state index >= 15 is 0 Å². The number of carbonyl (C=O) groups excluding carboxylic acids is 2. The third kappa shape index (κ3) is 3.13. The fourth-order valence-electron chi connectivity index (χ4n) is 3.09. The van der Waals surface area contributed by atoms with Crippen molar-refractivity contribution in [2.45, 2.75) is 39.0 Å². The normalized spacial score (nSPS) is 19.2. The minimum atomic E-state index is -0.750. The van der Waals surface area contributed by atoms with Crippen LogP contribution < -0.4 is 10.2 Å². The molecule has 0 spiro atoms. The molecule has 0 saturated carbocycles. The highest BCUT2D eigenvalue weighted by Crippen LogP contribution is 2.27. The summed E-state index contributed by atoms with van der Waals surface area (Å²) in [7, 11) is 1.21. The van der Waals surface area contributed by atoms with Crippen LogP contribution in [0.15, 0.2) is 11.0 Å². The maximum absolute atomic E-state index is 12.9. The number of amides is 1. The summed E-state index contributed by atoms with van der Waals surface area (Å²) in [6.45, 7) is 3.79. The molecule has 3 heterocycles. The molecule has 1 saturated heterocycles. The lowest BCUT2D eigenvalue weighted by Crippen LogP contribution is -2.53. The van der Waals surface area contributed by atoms with Gasteiger partial charge in [-0.15, -0.1) is 0 Å². The number of rotatable bonds is 5. The average Bonchev–Trinajstić information content (AvgIpc) is 2.63. The molecule has 8 nitrogen and oxygen atoms in total. The lowest BCUT2D eigenvalue weighted by molar-refractivity contribution is -0.0920. The molecule has 2 aliphatic rings. The molecule has 3 rings (SSSR count). The SMILES string of the molecule is CCCCOc1c2n(cc(C(=O)OC)c1=O)CC1OCCCN1C2=O. The van der Waals surface area contributed by atoms with Gasteiger partial charge in [0.05, 0.1) is 26.9 Å². The number of pyridine rings is 1. The molecule has 1 amide bonds. The van der Waals surface area contributed by atoms with Gasteiger partial charge in [-0.25, -0.2) is 4.79 Å². The van der Waals surface area contributed by atoms with Crippen LogP contribution in [0, 0.1) is 0 Å². The van der Waals surface area contributed by atoms with Gasteiger partial charge in [0.15, 0.2) is 17.7 Å². The fourth-order valence-corrected chi connectivity index (χ4v) is 3.09. The molecule has 0 bridgehead atoms. The second kappa shape index (κ2) is 7.26. The molecule has 1 fully saturated rings. The topological polar surface area (TPSA) is 87.1 Å². The quantitative estimate of drug-likeness (QED) is 0.582. The molecule has 0 radical (unpaired) electrons. The summed E-state index contributed by atoms with van der Waals surface area (Å²) < 4.78 is 17.5. The highest BCUT2D eigenvalue weighted by atomic mass is 16.5. The van der Waals surface area contributed by atoms with Crippen molar-refractivity contribution >= 4 is 11.9 Å². The predicted molar refractivity (Wildman–Crippen MR) is 87.8 cm³/mol.